The van der Waals surface area contributed by atoms with Gasteiger partial charge in [-0.1, -0.05) is 6.07 Å². The van der Waals surface area contributed by atoms with Gasteiger partial charge in [-0.05, 0) is 63.8 Å². The van der Waals surface area contributed by atoms with Crippen molar-refractivity contribution in [3.05, 3.63) is 44.9 Å². The van der Waals surface area contributed by atoms with Crippen molar-refractivity contribution in [3.8, 4) is 0 Å². The number of alkyl halides is 3. The second-order valence-electron chi connectivity index (χ2n) is 9.15. The Labute approximate surface area is 247 Å². The van der Waals surface area contributed by atoms with E-state index in [0.29, 0.717) is 0 Å². The van der Waals surface area contributed by atoms with Gasteiger partial charge < -0.3 is 25.5 Å². The number of rotatable bonds is 10. The van der Waals surface area contributed by atoms with Crippen LogP contribution in [-0.2, 0) is 9.53 Å². The number of amides is 1. The van der Waals surface area contributed by atoms with Gasteiger partial charge in [0.1, 0.15) is 5.82 Å². The zero-order chi connectivity index (χ0) is 31.0. The van der Waals surface area contributed by atoms with E-state index in [4.69, 9.17) is 10.5 Å². The standard InChI is InChI=1S/C15H18N4S2.C8H14N2O.C4H7F3O2/c1-10-5-6-14(17-7-10)18-9-20-8-13(16-4)15-11(2)19-12(3)21-15;1-10(6-11)8-4-2-3-7(9)5-8;1-9-2-3(8)4(5,6)7/h5-8H,4,9H2,1-3H3,(H,17,18);6,8-9H,2-5H2,1H3;3,8H,2H2,1H3/b13-8-;;/t;8-;3-/m.11/s1. The van der Waals surface area contributed by atoms with Crippen LogP contribution in [0.3, 0.4) is 0 Å². The third-order valence-corrected chi connectivity index (χ3v) is 7.49. The fraction of sp³-hybridized carbons (Fsp3) is 0.519. The molecule has 0 aromatic carbocycles. The van der Waals surface area contributed by atoms with E-state index in [9.17, 15) is 18.0 Å². The molecule has 1 aliphatic rings. The number of thioether (sulfide) groups is 1. The summed E-state index contributed by atoms with van der Waals surface area (Å²) in [5.41, 5.74) is 3.82. The third kappa shape index (κ3) is 14.1. The lowest BCUT2D eigenvalue weighted by atomic mass is 9.93. The molecule has 1 aliphatic carbocycles. The molecule has 14 heteroatoms. The molecule has 0 aliphatic heterocycles. The molecule has 0 bridgehead atoms. The van der Waals surface area contributed by atoms with Crippen molar-refractivity contribution in [3.63, 3.8) is 0 Å². The number of aliphatic hydroxyl groups excluding tert-OH is 1. The predicted octanol–water partition coefficient (Wildman–Crippen LogP) is 5.86. The Bertz CT molecular complexity index is 1130. The molecule has 2 heterocycles. The van der Waals surface area contributed by atoms with Crippen molar-refractivity contribution in [2.75, 3.05) is 32.0 Å². The topological polar surface area (TPSA) is 124 Å². The lowest BCUT2D eigenvalue weighted by Gasteiger charge is -2.28. The Morgan fingerprint density at radius 2 is 2.12 bits per heavy atom. The molecule has 0 spiro atoms. The number of ether oxygens (including phenoxy) is 1. The van der Waals surface area contributed by atoms with Crippen LogP contribution in [0.5, 0.6) is 0 Å². The molecule has 2 aromatic heterocycles. The van der Waals surface area contributed by atoms with Crippen molar-refractivity contribution in [2.45, 2.75) is 64.8 Å². The van der Waals surface area contributed by atoms with E-state index < -0.39 is 18.9 Å². The highest BCUT2D eigenvalue weighted by Gasteiger charge is 2.37. The average Bonchev–Trinajstić information content (AvgIpc) is 3.27. The highest BCUT2D eigenvalue weighted by atomic mass is 32.2. The number of carbonyl (C=O) groups excluding carboxylic acids is 1. The van der Waals surface area contributed by atoms with Gasteiger partial charge in [0.25, 0.3) is 0 Å². The Kier molecular flexibility index (Phi) is 16.4. The summed E-state index contributed by atoms with van der Waals surface area (Å²) in [6.07, 6.45) is -0.414. The van der Waals surface area contributed by atoms with Gasteiger partial charge in [0.05, 0.1) is 33.8 Å². The van der Waals surface area contributed by atoms with Crippen LogP contribution in [0.1, 0.15) is 46.8 Å². The number of carbonyl (C=O) groups is 1. The van der Waals surface area contributed by atoms with Gasteiger partial charge in [-0.15, -0.1) is 23.1 Å². The minimum atomic E-state index is -4.56. The summed E-state index contributed by atoms with van der Waals surface area (Å²) in [5, 5.41) is 21.9. The van der Waals surface area contributed by atoms with E-state index in [1.54, 1.807) is 35.0 Å². The molecule has 41 heavy (non-hydrogen) atoms. The first-order valence-corrected chi connectivity index (χ1v) is 14.6. The molecule has 3 N–H and O–H groups in total. The monoisotopic (exact) mass is 616 g/mol. The first-order chi connectivity index (χ1) is 19.3. The molecule has 3 rings (SSSR count). The number of aromatic nitrogens is 2. The quantitative estimate of drug-likeness (QED) is 0.132. The van der Waals surface area contributed by atoms with Crippen molar-refractivity contribution < 1.29 is 27.8 Å². The van der Waals surface area contributed by atoms with E-state index in [1.165, 1.54) is 0 Å². The number of pyridine rings is 1. The number of aliphatic imine (C=N–C) groups is 1. The highest BCUT2D eigenvalue weighted by molar-refractivity contribution is 8.02. The number of halogens is 3. The Balaban J connectivity index is 0.000000352. The SMILES string of the molecule is C=N/C(=C\SCNc1ccc(C)cn1)c1sc(C)nc1C.CN(C=O)[C@@H]1CCCC(=N)C1.COC[C@@H](O)C(F)(F)F. The first kappa shape index (κ1) is 36.2. The van der Waals surface area contributed by atoms with Gasteiger partial charge in [0, 0.05) is 38.5 Å². The zero-order valence-corrected chi connectivity index (χ0v) is 25.6. The van der Waals surface area contributed by atoms with E-state index in [-0.39, 0.29) is 6.04 Å². The van der Waals surface area contributed by atoms with Gasteiger partial charge in [-0.3, -0.25) is 9.79 Å². The van der Waals surface area contributed by atoms with Gasteiger partial charge >= 0.3 is 6.18 Å². The number of hydrogen-bond acceptors (Lipinski definition) is 10. The van der Waals surface area contributed by atoms with Gasteiger partial charge in [0.2, 0.25) is 6.41 Å². The Morgan fingerprint density at radius 1 is 1.41 bits per heavy atom. The molecule has 0 radical (unpaired) electrons. The van der Waals surface area contributed by atoms with Crippen LogP contribution >= 0.6 is 23.1 Å². The summed E-state index contributed by atoms with van der Waals surface area (Å²) in [6.45, 7) is 8.96. The Hall–Kier alpha value is -2.81. The molecular weight excluding hydrogens is 577 g/mol. The molecular formula is C27H39F3N6O3S2. The van der Waals surface area contributed by atoms with Crippen molar-refractivity contribution in [1.82, 2.24) is 14.9 Å². The van der Waals surface area contributed by atoms with Crippen LogP contribution in [-0.4, -0.2) is 83.8 Å². The van der Waals surface area contributed by atoms with Gasteiger partial charge in [-0.2, -0.15) is 13.2 Å². The molecule has 228 valence electrons. The van der Waals surface area contributed by atoms with Crippen LogP contribution < -0.4 is 5.32 Å². The molecule has 0 saturated heterocycles. The van der Waals surface area contributed by atoms with Crippen LogP contribution in [0.15, 0.2) is 28.7 Å². The summed E-state index contributed by atoms with van der Waals surface area (Å²) in [4.78, 5) is 26.0. The average molecular weight is 617 g/mol. The van der Waals surface area contributed by atoms with Crippen LogP contribution in [0.25, 0.3) is 5.70 Å². The van der Waals surface area contributed by atoms with Crippen LogP contribution in [0.2, 0.25) is 0 Å². The minimum Gasteiger partial charge on any atom is -0.382 e. The van der Waals surface area contributed by atoms with E-state index >= 15 is 0 Å². The molecule has 2 aromatic rings. The van der Waals surface area contributed by atoms with Crippen LogP contribution in [0.4, 0.5) is 19.0 Å². The van der Waals surface area contributed by atoms with Gasteiger partial charge in [-0.25, -0.2) is 9.97 Å². The van der Waals surface area contributed by atoms with E-state index in [0.717, 1.165) is 83.4 Å². The fourth-order valence-corrected chi connectivity index (χ4v) is 5.10. The summed E-state index contributed by atoms with van der Waals surface area (Å²) in [6, 6.07) is 4.30. The van der Waals surface area contributed by atoms with E-state index in [2.05, 4.69) is 31.7 Å². The van der Waals surface area contributed by atoms with Gasteiger partial charge in [0.15, 0.2) is 6.10 Å². The summed E-state index contributed by atoms with van der Waals surface area (Å²) >= 11 is 3.27. The fourth-order valence-electron chi connectivity index (χ4n) is 3.47. The summed E-state index contributed by atoms with van der Waals surface area (Å²) < 4.78 is 38.0. The minimum absolute atomic E-state index is 0.286. The number of aliphatic hydroxyl groups is 1. The molecule has 9 nitrogen and oxygen atoms in total. The number of methoxy groups -OCH3 is 1. The lowest BCUT2D eigenvalue weighted by Crippen LogP contribution is -2.34. The maximum atomic E-state index is 11.3. The van der Waals surface area contributed by atoms with E-state index in [1.807, 2.05) is 44.5 Å². The smallest absolute Gasteiger partial charge is 0.382 e. The van der Waals surface area contributed by atoms with Crippen molar-refractivity contribution in [1.29, 1.82) is 5.41 Å². The predicted molar refractivity (Wildman–Crippen MR) is 162 cm³/mol. The zero-order valence-electron chi connectivity index (χ0n) is 24.0. The summed E-state index contributed by atoms with van der Waals surface area (Å²) in [7, 11) is 2.88. The lowest BCUT2D eigenvalue weighted by molar-refractivity contribution is -0.215. The third-order valence-electron chi connectivity index (χ3n) is 5.69. The molecule has 1 fully saturated rings. The second kappa shape index (κ2) is 18.6. The number of nitrogens with zero attached hydrogens (tertiary/aromatic N) is 4. The highest BCUT2D eigenvalue weighted by Crippen LogP contribution is 2.28. The number of nitrogens with one attached hydrogen (secondary N) is 2. The second-order valence-corrected chi connectivity index (χ2v) is 11.2. The summed E-state index contributed by atoms with van der Waals surface area (Å²) in [5.74, 6) is 1.60. The normalized spacial score (nSPS) is 16.0. The first-order valence-electron chi connectivity index (χ1n) is 12.7. The van der Waals surface area contributed by atoms with Crippen LogP contribution in [0, 0.1) is 26.2 Å². The largest absolute Gasteiger partial charge is 0.416 e. The maximum Gasteiger partial charge on any atom is 0.416 e. The molecule has 2 atom stereocenters. The van der Waals surface area contributed by atoms with Crippen molar-refractivity contribution in [2.24, 2.45) is 4.99 Å². The number of anilines is 1. The number of hydrogen-bond donors (Lipinski definition) is 3. The molecule has 1 amide bonds. The molecule has 1 saturated carbocycles. The number of aryl methyl sites for hydroxylation is 3. The molecule has 0 unspecified atom stereocenters. The Morgan fingerprint density at radius 3 is 2.59 bits per heavy atom. The van der Waals surface area contributed by atoms with Crippen molar-refractivity contribution >= 4 is 53.5 Å². The number of thiazole rings is 1. The maximum absolute atomic E-state index is 11.3.